The highest BCUT2D eigenvalue weighted by atomic mass is 32.1. The van der Waals surface area contributed by atoms with Crippen LogP contribution in [0.5, 0.6) is 0 Å². The van der Waals surface area contributed by atoms with E-state index in [1.165, 1.54) is 0 Å². The lowest BCUT2D eigenvalue weighted by Crippen LogP contribution is -2.19. The minimum absolute atomic E-state index is 0.263. The topological polar surface area (TPSA) is 59.9 Å². The first-order valence-electron chi connectivity index (χ1n) is 7.56. The van der Waals surface area contributed by atoms with Crippen LogP contribution in [0, 0.1) is 0 Å². The molecule has 23 heavy (non-hydrogen) atoms. The molecule has 118 valence electrons. The van der Waals surface area contributed by atoms with Gasteiger partial charge in [-0.3, -0.25) is 0 Å². The summed E-state index contributed by atoms with van der Waals surface area (Å²) in [4.78, 5) is 14.8. The standard InChI is InChI=1S/C16H16N4OS2/c1-3-11(21-6-1)9-18-16-19-10-12(13-4-2-7-22-13)14(20-16)15-17-5-8-23-15/h2,4-5,7-8,10-11H,1,3,6,9H2,(H,18,19,20)/t11-/m0/s1. The highest BCUT2D eigenvalue weighted by Gasteiger charge is 2.17. The first-order valence-corrected chi connectivity index (χ1v) is 9.32. The Morgan fingerprint density at radius 2 is 2.26 bits per heavy atom. The maximum atomic E-state index is 5.63. The van der Waals surface area contributed by atoms with Crippen LogP contribution in [0.25, 0.3) is 21.1 Å². The molecule has 7 heteroatoms. The summed E-state index contributed by atoms with van der Waals surface area (Å²) in [6, 6.07) is 4.12. The number of thiophene rings is 1. The van der Waals surface area contributed by atoms with Crippen LogP contribution in [0.1, 0.15) is 12.8 Å². The minimum Gasteiger partial charge on any atom is -0.376 e. The summed E-state index contributed by atoms with van der Waals surface area (Å²) in [7, 11) is 0. The van der Waals surface area contributed by atoms with E-state index >= 15 is 0 Å². The molecule has 0 saturated carbocycles. The molecule has 0 bridgehead atoms. The lowest BCUT2D eigenvalue weighted by atomic mass is 10.2. The number of nitrogens with zero attached hydrogens (tertiary/aromatic N) is 3. The van der Waals surface area contributed by atoms with Gasteiger partial charge in [0.15, 0.2) is 0 Å². The monoisotopic (exact) mass is 344 g/mol. The van der Waals surface area contributed by atoms with Crippen molar-refractivity contribution in [3.05, 3.63) is 35.3 Å². The Bertz CT molecular complexity index is 753. The van der Waals surface area contributed by atoms with Crippen LogP contribution in [0.4, 0.5) is 5.95 Å². The van der Waals surface area contributed by atoms with E-state index in [4.69, 9.17) is 9.72 Å². The summed E-state index contributed by atoms with van der Waals surface area (Å²) in [5, 5.41) is 8.23. The minimum atomic E-state index is 0.263. The summed E-state index contributed by atoms with van der Waals surface area (Å²) in [6.45, 7) is 1.60. The summed E-state index contributed by atoms with van der Waals surface area (Å²) >= 11 is 3.27. The van der Waals surface area contributed by atoms with E-state index in [1.54, 1.807) is 28.9 Å². The van der Waals surface area contributed by atoms with Crippen LogP contribution in [0.15, 0.2) is 35.3 Å². The second-order valence-electron chi connectivity index (χ2n) is 5.29. The Hall–Kier alpha value is -1.83. The van der Waals surface area contributed by atoms with Crippen LogP contribution in [0.2, 0.25) is 0 Å². The maximum Gasteiger partial charge on any atom is 0.223 e. The highest BCUT2D eigenvalue weighted by molar-refractivity contribution is 7.14. The Morgan fingerprint density at radius 3 is 3.00 bits per heavy atom. The van der Waals surface area contributed by atoms with Gasteiger partial charge in [-0.1, -0.05) is 6.07 Å². The molecule has 3 aromatic rings. The van der Waals surface area contributed by atoms with Crippen molar-refractivity contribution in [2.24, 2.45) is 0 Å². The number of rotatable bonds is 5. The fourth-order valence-electron chi connectivity index (χ4n) is 2.59. The first-order chi connectivity index (χ1) is 11.4. The van der Waals surface area contributed by atoms with E-state index in [1.807, 2.05) is 17.6 Å². The van der Waals surface area contributed by atoms with Gasteiger partial charge in [-0.15, -0.1) is 22.7 Å². The van der Waals surface area contributed by atoms with Crippen LogP contribution in [0.3, 0.4) is 0 Å². The number of aromatic nitrogens is 3. The smallest absolute Gasteiger partial charge is 0.223 e. The number of hydrogen-bond donors (Lipinski definition) is 1. The molecule has 1 fully saturated rings. The lowest BCUT2D eigenvalue weighted by Gasteiger charge is -2.12. The number of anilines is 1. The molecule has 1 N–H and O–H groups in total. The predicted molar refractivity (Wildman–Crippen MR) is 93.9 cm³/mol. The van der Waals surface area contributed by atoms with Crippen molar-refractivity contribution in [3.8, 4) is 21.1 Å². The lowest BCUT2D eigenvalue weighted by molar-refractivity contribution is 0.120. The van der Waals surface area contributed by atoms with E-state index in [2.05, 4.69) is 26.7 Å². The van der Waals surface area contributed by atoms with E-state index in [-0.39, 0.29) is 6.10 Å². The summed E-state index contributed by atoms with van der Waals surface area (Å²) in [6.07, 6.45) is 6.18. The first kappa shape index (κ1) is 14.7. The molecule has 1 atom stereocenters. The average Bonchev–Trinajstić information content (AvgIpc) is 3.36. The molecule has 0 aromatic carbocycles. The summed E-state index contributed by atoms with van der Waals surface area (Å²) < 4.78 is 5.63. The van der Waals surface area contributed by atoms with Gasteiger partial charge in [-0.05, 0) is 24.3 Å². The average molecular weight is 344 g/mol. The molecule has 0 radical (unpaired) electrons. The molecule has 4 rings (SSSR count). The highest BCUT2D eigenvalue weighted by Crippen LogP contribution is 2.34. The maximum absolute atomic E-state index is 5.63. The number of nitrogens with one attached hydrogen (secondary N) is 1. The van der Waals surface area contributed by atoms with Crippen molar-refractivity contribution in [3.63, 3.8) is 0 Å². The molecular weight excluding hydrogens is 328 g/mol. The van der Waals surface area contributed by atoms with Crippen LogP contribution < -0.4 is 5.32 Å². The van der Waals surface area contributed by atoms with Crippen molar-refractivity contribution in [2.75, 3.05) is 18.5 Å². The van der Waals surface area contributed by atoms with Crippen LogP contribution in [-0.2, 0) is 4.74 Å². The predicted octanol–water partition coefficient (Wildman–Crippen LogP) is 3.92. The largest absolute Gasteiger partial charge is 0.376 e. The molecule has 0 amide bonds. The molecule has 0 unspecified atom stereocenters. The Labute approximate surface area is 142 Å². The molecule has 1 saturated heterocycles. The second kappa shape index (κ2) is 6.74. The molecule has 0 spiro atoms. The van der Waals surface area contributed by atoms with Gasteiger partial charge in [-0.25, -0.2) is 15.0 Å². The van der Waals surface area contributed by atoms with Gasteiger partial charge in [0.05, 0.1) is 6.10 Å². The SMILES string of the molecule is c1csc(-c2cnc(NC[C@@H]3CCCO3)nc2-c2nccs2)c1. The summed E-state index contributed by atoms with van der Waals surface area (Å²) in [5.41, 5.74) is 1.91. The third kappa shape index (κ3) is 3.26. The van der Waals surface area contributed by atoms with Gasteiger partial charge in [-0.2, -0.15) is 0 Å². The number of ether oxygens (including phenoxy) is 1. The zero-order valence-electron chi connectivity index (χ0n) is 12.4. The van der Waals surface area contributed by atoms with E-state index in [9.17, 15) is 0 Å². The van der Waals surface area contributed by atoms with Crippen molar-refractivity contribution >= 4 is 28.6 Å². The number of thiazole rings is 1. The van der Waals surface area contributed by atoms with Crippen molar-refractivity contribution < 1.29 is 4.74 Å². The molecule has 3 aromatic heterocycles. The normalized spacial score (nSPS) is 17.5. The van der Waals surface area contributed by atoms with Crippen molar-refractivity contribution in [1.29, 1.82) is 0 Å². The molecular formula is C16H16N4OS2. The van der Waals surface area contributed by atoms with Gasteiger partial charge < -0.3 is 10.1 Å². The Balaban J connectivity index is 1.63. The van der Waals surface area contributed by atoms with Gasteiger partial charge in [0, 0.05) is 41.4 Å². The van der Waals surface area contributed by atoms with Gasteiger partial charge in [0.1, 0.15) is 10.7 Å². The molecule has 1 aliphatic heterocycles. The van der Waals surface area contributed by atoms with E-state index in [0.29, 0.717) is 5.95 Å². The molecule has 4 heterocycles. The second-order valence-corrected chi connectivity index (χ2v) is 7.13. The molecule has 0 aliphatic carbocycles. The molecule has 1 aliphatic rings. The molecule has 5 nitrogen and oxygen atoms in total. The van der Waals surface area contributed by atoms with Gasteiger partial charge >= 0.3 is 0 Å². The Kier molecular flexibility index (Phi) is 4.32. The Morgan fingerprint density at radius 1 is 1.26 bits per heavy atom. The zero-order chi connectivity index (χ0) is 15.5. The quantitative estimate of drug-likeness (QED) is 0.760. The number of hydrogen-bond acceptors (Lipinski definition) is 7. The van der Waals surface area contributed by atoms with Gasteiger partial charge in [0.2, 0.25) is 5.95 Å². The van der Waals surface area contributed by atoms with E-state index < -0.39 is 0 Å². The van der Waals surface area contributed by atoms with Crippen LogP contribution in [-0.4, -0.2) is 34.2 Å². The third-order valence-corrected chi connectivity index (χ3v) is 5.41. The van der Waals surface area contributed by atoms with Crippen molar-refractivity contribution in [1.82, 2.24) is 15.0 Å². The van der Waals surface area contributed by atoms with Crippen LogP contribution >= 0.6 is 22.7 Å². The fraction of sp³-hybridized carbons (Fsp3) is 0.312. The summed E-state index contributed by atoms with van der Waals surface area (Å²) in [5.74, 6) is 0.631. The van der Waals surface area contributed by atoms with Gasteiger partial charge in [0.25, 0.3) is 0 Å². The van der Waals surface area contributed by atoms with E-state index in [0.717, 1.165) is 47.1 Å². The zero-order valence-corrected chi connectivity index (χ0v) is 14.1. The van der Waals surface area contributed by atoms with Crippen molar-refractivity contribution in [2.45, 2.75) is 18.9 Å². The third-order valence-electron chi connectivity index (χ3n) is 3.72. The fourth-order valence-corrected chi connectivity index (χ4v) is 3.97.